The molecular weight excluding hydrogens is 328 g/mol. The van der Waals surface area contributed by atoms with E-state index in [1.165, 1.54) is 12.5 Å². The predicted octanol–water partition coefficient (Wildman–Crippen LogP) is 3.67. The maximum Gasteiger partial charge on any atom is 0.302 e. The molecule has 4 aliphatic carbocycles. The Morgan fingerprint density at radius 1 is 1.27 bits per heavy atom. The van der Waals surface area contributed by atoms with Gasteiger partial charge >= 0.3 is 5.97 Å². The smallest absolute Gasteiger partial charge is 0.302 e. The fraction of sp³-hybridized carbons (Fsp3) is 0.818. The number of hydrogen-bond donors (Lipinski definition) is 1. The van der Waals surface area contributed by atoms with Crippen LogP contribution in [0.4, 0.5) is 0 Å². The lowest BCUT2D eigenvalue weighted by atomic mass is 9.45. The highest BCUT2D eigenvalue weighted by Crippen LogP contribution is 2.66. The number of hydrogen-bond acceptors (Lipinski definition) is 4. The minimum Gasteiger partial charge on any atom is -0.465 e. The maximum atomic E-state index is 12.1. The monoisotopic (exact) mass is 360 g/mol. The van der Waals surface area contributed by atoms with Gasteiger partial charge in [-0.25, -0.2) is 0 Å². The minimum atomic E-state index is -0.234. The molecule has 0 aromatic heterocycles. The summed E-state index contributed by atoms with van der Waals surface area (Å²) in [5.41, 5.74) is 1.10. The lowest BCUT2D eigenvalue weighted by Crippen LogP contribution is -2.56. The molecule has 2 unspecified atom stereocenters. The van der Waals surface area contributed by atoms with Gasteiger partial charge in [0.15, 0.2) is 5.78 Å². The maximum absolute atomic E-state index is 12.1. The van der Waals surface area contributed by atoms with E-state index >= 15 is 0 Å². The second-order valence-corrected chi connectivity index (χ2v) is 9.68. The van der Waals surface area contributed by atoms with Crippen LogP contribution < -0.4 is 0 Å². The molecule has 0 amide bonds. The first-order valence-corrected chi connectivity index (χ1v) is 10.3. The lowest BCUT2D eigenvalue weighted by Gasteiger charge is -2.60. The Hall–Kier alpha value is -1.16. The number of ketones is 1. The van der Waals surface area contributed by atoms with Crippen molar-refractivity contribution >= 4 is 11.8 Å². The topological polar surface area (TPSA) is 63.6 Å². The third-order valence-corrected chi connectivity index (χ3v) is 8.52. The molecule has 4 rings (SSSR count). The molecule has 144 valence electrons. The Morgan fingerprint density at radius 2 is 2.04 bits per heavy atom. The second-order valence-electron chi connectivity index (χ2n) is 9.68. The fourth-order valence-electron chi connectivity index (χ4n) is 7.19. The summed E-state index contributed by atoms with van der Waals surface area (Å²) < 4.78 is 5.58. The molecule has 0 aromatic carbocycles. The fourth-order valence-corrected chi connectivity index (χ4v) is 7.19. The van der Waals surface area contributed by atoms with Crippen molar-refractivity contribution in [3.63, 3.8) is 0 Å². The van der Waals surface area contributed by atoms with E-state index in [1.807, 2.05) is 6.08 Å². The number of aliphatic hydroxyl groups excluding tert-OH is 1. The van der Waals surface area contributed by atoms with E-state index in [-0.39, 0.29) is 28.7 Å². The third kappa shape index (κ3) is 2.51. The van der Waals surface area contributed by atoms with E-state index in [0.717, 1.165) is 38.5 Å². The van der Waals surface area contributed by atoms with Gasteiger partial charge in [-0.2, -0.15) is 0 Å². The number of ether oxygens (including phenoxy) is 1. The molecule has 0 radical (unpaired) electrons. The van der Waals surface area contributed by atoms with Crippen LogP contribution in [0.5, 0.6) is 0 Å². The zero-order valence-electron chi connectivity index (χ0n) is 16.3. The summed E-state index contributed by atoms with van der Waals surface area (Å²) in [7, 11) is 0. The van der Waals surface area contributed by atoms with E-state index in [2.05, 4.69) is 13.8 Å². The Kier molecular flexibility index (Phi) is 4.33. The first-order valence-electron chi connectivity index (χ1n) is 10.3. The Balaban J connectivity index is 1.74. The third-order valence-electron chi connectivity index (χ3n) is 8.52. The van der Waals surface area contributed by atoms with Gasteiger partial charge in [0.05, 0.1) is 6.10 Å². The van der Waals surface area contributed by atoms with Crippen molar-refractivity contribution in [3.05, 3.63) is 11.6 Å². The van der Waals surface area contributed by atoms with Crippen LogP contribution in [0.15, 0.2) is 11.6 Å². The van der Waals surface area contributed by atoms with Gasteiger partial charge in [-0.15, -0.1) is 0 Å². The first kappa shape index (κ1) is 18.2. The number of carbonyl (C=O) groups excluding carboxylic acids is 2. The van der Waals surface area contributed by atoms with Crippen molar-refractivity contribution < 1.29 is 19.4 Å². The number of carbonyl (C=O) groups is 2. The molecular formula is C22H32O4. The highest BCUT2D eigenvalue weighted by atomic mass is 16.5. The standard InChI is InChI=1S/C22H32O4/c1-13-10-15-11-16(24)6-9-22(15,12-26-14(2)23)18-7-8-21(3)17(20(13)18)4-5-19(21)25/h11,13,17-20,25H,4-10,12H2,1-3H3/t13?,17-,18+,19?,20-,21-,22+/m0/s1. The largest absolute Gasteiger partial charge is 0.465 e. The van der Waals surface area contributed by atoms with Crippen molar-refractivity contribution in [1.82, 2.24) is 0 Å². The number of rotatable bonds is 2. The first-order chi connectivity index (χ1) is 12.3. The molecule has 4 heteroatoms. The Labute approximate surface area is 156 Å². The van der Waals surface area contributed by atoms with Crippen molar-refractivity contribution in [2.24, 2.45) is 34.5 Å². The number of fused-ring (bicyclic) bond motifs is 5. The summed E-state index contributed by atoms with van der Waals surface area (Å²) in [5, 5.41) is 10.6. The zero-order valence-corrected chi connectivity index (χ0v) is 16.3. The molecule has 0 bridgehead atoms. The van der Waals surface area contributed by atoms with Gasteiger partial charge in [-0.1, -0.05) is 19.4 Å². The molecule has 0 aliphatic heterocycles. The van der Waals surface area contributed by atoms with Crippen LogP contribution in [-0.2, 0) is 14.3 Å². The van der Waals surface area contributed by atoms with Crippen LogP contribution in [-0.4, -0.2) is 29.6 Å². The molecule has 7 atom stereocenters. The molecule has 3 saturated carbocycles. The summed E-state index contributed by atoms with van der Waals surface area (Å²) in [4.78, 5) is 23.7. The molecule has 26 heavy (non-hydrogen) atoms. The summed E-state index contributed by atoms with van der Waals surface area (Å²) in [6.45, 7) is 6.50. The van der Waals surface area contributed by atoms with Crippen molar-refractivity contribution in [1.29, 1.82) is 0 Å². The summed E-state index contributed by atoms with van der Waals surface area (Å²) in [6.07, 6.45) is 8.10. The predicted molar refractivity (Wildman–Crippen MR) is 98.2 cm³/mol. The zero-order chi connectivity index (χ0) is 18.7. The number of esters is 1. The molecule has 0 spiro atoms. The summed E-state index contributed by atoms with van der Waals surface area (Å²) in [6, 6.07) is 0. The van der Waals surface area contributed by atoms with Gasteiger partial charge in [0, 0.05) is 18.8 Å². The van der Waals surface area contributed by atoms with Crippen LogP contribution in [0.1, 0.15) is 65.7 Å². The van der Waals surface area contributed by atoms with E-state index < -0.39 is 0 Å². The van der Waals surface area contributed by atoms with Gasteiger partial charge in [0.1, 0.15) is 6.61 Å². The van der Waals surface area contributed by atoms with Crippen LogP contribution in [0.2, 0.25) is 0 Å². The quantitative estimate of drug-likeness (QED) is 0.763. The normalized spacial score (nSPS) is 47.5. The van der Waals surface area contributed by atoms with Crippen LogP contribution in [0, 0.1) is 34.5 Å². The molecule has 4 nitrogen and oxygen atoms in total. The van der Waals surface area contributed by atoms with E-state index in [1.54, 1.807) is 0 Å². The van der Waals surface area contributed by atoms with Gasteiger partial charge < -0.3 is 9.84 Å². The van der Waals surface area contributed by atoms with E-state index in [0.29, 0.717) is 36.7 Å². The van der Waals surface area contributed by atoms with Crippen LogP contribution in [0.25, 0.3) is 0 Å². The highest BCUT2D eigenvalue weighted by molar-refractivity contribution is 5.91. The molecule has 4 aliphatic rings. The average molecular weight is 360 g/mol. The molecule has 1 N–H and O–H groups in total. The number of aliphatic hydroxyl groups is 1. The van der Waals surface area contributed by atoms with E-state index in [9.17, 15) is 14.7 Å². The summed E-state index contributed by atoms with van der Waals surface area (Å²) >= 11 is 0. The molecule has 3 fully saturated rings. The van der Waals surface area contributed by atoms with Crippen molar-refractivity contribution in [2.45, 2.75) is 71.8 Å². The van der Waals surface area contributed by atoms with Gasteiger partial charge in [-0.05, 0) is 73.7 Å². The van der Waals surface area contributed by atoms with Crippen molar-refractivity contribution in [3.8, 4) is 0 Å². The Bertz CT molecular complexity index is 653. The summed E-state index contributed by atoms with van der Waals surface area (Å²) in [5.74, 6) is 2.04. The van der Waals surface area contributed by atoms with E-state index in [4.69, 9.17) is 4.74 Å². The van der Waals surface area contributed by atoms with Crippen molar-refractivity contribution in [2.75, 3.05) is 6.61 Å². The van der Waals surface area contributed by atoms with Gasteiger partial charge in [0.2, 0.25) is 0 Å². The SMILES string of the molecule is CC(=O)OC[C@]12CCC(=O)C=C1CC(C)[C@@H]1[C@H]2CC[C@]2(C)C(O)CC[C@@H]12. The minimum absolute atomic E-state index is 0.0315. The second kappa shape index (κ2) is 6.19. The lowest BCUT2D eigenvalue weighted by molar-refractivity contribution is -0.153. The molecule has 0 aromatic rings. The highest BCUT2D eigenvalue weighted by Gasteiger charge is 2.62. The molecule has 0 saturated heterocycles. The van der Waals surface area contributed by atoms with Gasteiger partial charge in [-0.3, -0.25) is 9.59 Å². The molecule has 0 heterocycles. The van der Waals surface area contributed by atoms with Crippen LogP contribution >= 0.6 is 0 Å². The average Bonchev–Trinajstić information content (AvgIpc) is 2.89. The van der Waals surface area contributed by atoms with Crippen LogP contribution in [0.3, 0.4) is 0 Å². The Morgan fingerprint density at radius 3 is 2.77 bits per heavy atom. The van der Waals surface area contributed by atoms with Gasteiger partial charge in [0.25, 0.3) is 0 Å².